The summed E-state index contributed by atoms with van der Waals surface area (Å²) in [6.45, 7) is 4.59. The smallest absolute Gasteiger partial charge is 0.418 e. The van der Waals surface area contributed by atoms with Crippen LogP contribution in [0.1, 0.15) is 106 Å². The van der Waals surface area contributed by atoms with E-state index in [1.807, 2.05) is 32.0 Å². The van der Waals surface area contributed by atoms with Crippen LogP contribution < -0.4 is 4.74 Å². The van der Waals surface area contributed by atoms with Crippen LogP contribution in [0, 0.1) is 11.3 Å². The van der Waals surface area contributed by atoms with Crippen molar-refractivity contribution in [3.05, 3.63) is 59.4 Å². The number of ether oxygens (including phenoxy) is 1. The molecule has 3 heterocycles. The number of amides is 2. The van der Waals surface area contributed by atoms with E-state index in [4.69, 9.17) is 4.74 Å². The summed E-state index contributed by atoms with van der Waals surface area (Å²) in [5.41, 5.74) is -3.04. The number of aliphatic carboxylic acids is 1. The Kier molecular flexibility index (Phi) is 10.7. The maximum atomic E-state index is 14.0. The summed E-state index contributed by atoms with van der Waals surface area (Å²) in [4.78, 5) is 46.3. The second kappa shape index (κ2) is 14.4. The fraction of sp³-hybridized carbons (Fsp3) is 0.611. The van der Waals surface area contributed by atoms with Gasteiger partial charge in [-0.05, 0) is 82.9 Å². The molecule has 3 aliphatic rings. The second-order valence-electron chi connectivity index (χ2n) is 13.8. The molecule has 3 fully saturated rings. The van der Waals surface area contributed by atoms with E-state index in [2.05, 4.69) is 4.98 Å². The molecule has 0 bridgehead atoms. The van der Waals surface area contributed by atoms with Crippen LogP contribution in [-0.4, -0.2) is 74.6 Å². The molecule has 262 valence electrons. The summed E-state index contributed by atoms with van der Waals surface area (Å²) in [6.07, 6.45) is 2.15. The third kappa shape index (κ3) is 7.33. The van der Waals surface area contributed by atoms with Crippen LogP contribution in [0.3, 0.4) is 0 Å². The Bertz CT molecular complexity index is 1470. The molecule has 2 aliphatic heterocycles. The normalized spacial score (nSPS) is 22.8. The fourth-order valence-electron chi connectivity index (χ4n) is 7.67. The third-order valence-corrected chi connectivity index (χ3v) is 10.7. The van der Waals surface area contributed by atoms with Gasteiger partial charge in [0.05, 0.1) is 28.6 Å². The van der Waals surface area contributed by atoms with Crippen molar-refractivity contribution in [2.45, 2.75) is 108 Å². The molecule has 0 radical (unpaired) electrons. The minimum atomic E-state index is -4.74. The minimum absolute atomic E-state index is 0.161. The molecule has 0 spiro atoms. The van der Waals surface area contributed by atoms with Crippen molar-refractivity contribution in [2.24, 2.45) is 11.3 Å². The number of carbonyl (C=O) groups is 3. The monoisotopic (exact) mass is 673 g/mol. The van der Waals surface area contributed by atoms with Gasteiger partial charge in [0.25, 0.3) is 5.91 Å². The van der Waals surface area contributed by atoms with Crippen molar-refractivity contribution >= 4 is 17.8 Å². The van der Waals surface area contributed by atoms with E-state index in [1.165, 1.54) is 11.1 Å². The molecule has 9 nitrogen and oxygen atoms in total. The lowest BCUT2D eigenvalue weighted by Crippen LogP contribution is -2.55. The van der Waals surface area contributed by atoms with Gasteiger partial charge in [0.1, 0.15) is 11.4 Å². The van der Waals surface area contributed by atoms with Crippen LogP contribution in [0.25, 0.3) is 0 Å². The van der Waals surface area contributed by atoms with Gasteiger partial charge < -0.3 is 24.7 Å². The lowest BCUT2D eigenvalue weighted by atomic mass is 9.66. The Morgan fingerprint density at radius 2 is 1.75 bits per heavy atom. The first kappa shape index (κ1) is 35.6. The van der Waals surface area contributed by atoms with Crippen molar-refractivity contribution in [2.75, 3.05) is 19.6 Å². The number of hydrogen-bond donors (Lipinski definition) is 2. The van der Waals surface area contributed by atoms with E-state index < -0.39 is 52.3 Å². The average Bonchev–Trinajstić information content (AvgIpc) is 3.04. The van der Waals surface area contributed by atoms with Gasteiger partial charge in [0.2, 0.25) is 5.91 Å². The van der Waals surface area contributed by atoms with Gasteiger partial charge in [-0.15, -0.1) is 0 Å². The van der Waals surface area contributed by atoms with Crippen LogP contribution in [0.5, 0.6) is 5.75 Å². The Labute approximate surface area is 279 Å². The average molecular weight is 674 g/mol. The number of halogens is 3. The van der Waals surface area contributed by atoms with Gasteiger partial charge >= 0.3 is 12.1 Å². The zero-order chi connectivity index (χ0) is 34.7. The number of hydrogen-bond acceptors (Lipinski definition) is 6. The van der Waals surface area contributed by atoms with E-state index in [0.717, 1.165) is 18.6 Å². The minimum Gasteiger partial charge on any atom is -0.490 e. The van der Waals surface area contributed by atoms with Crippen LogP contribution in [-0.2, 0) is 21.4 Å². The van der Waals surface area contributed by atoms with Crippen molar-refractivity contribution < 1.29 is 42.5 Å². The number of carboxylic acids is 1. The molecule has 48 heavy (non-hydrogen) atoms. The molecule has 2 N–H and O–H groups in total. The zero-order valence-electron chi connectivity index (χ0n) is 27.7. The summed E-state index contributed by atoms with van der Waals surface area (Å²) in [5, 5.41) is 21.5. The highest BCUT2D eigenvalue weighted by molar-refractivity contribution is 5.95. The number of nitrogens with zero attached hydrogens (tertiary/aromatic N) is 3. The van der Waals surface area contributed by atoms with Gasteiger partial charge in [-0.2, -0.15) is 13.2 Å². The molecule has 5 rings (SSSR count). The molecule has 2 aromatic rings. The lowest BCUT2D eigenvalue weighted by Gasteiger charge is -2.45. The molecule has 12 heteroatoms. The molecule has 3 unspecified atom stereocenters. The van der Waals surface area contributed by atoms with Gasteiger partial charge in [0, 0.05) is 37.4 Å². The number of likely N-dealkylation sites (tertiary alicyclic amines) is 2. The Hall–Kier alpha value is -3.67. The van der Waals surface area contributed by atoms with E-state index in [-0.39, 0.29) is 44.5 Å². The standard InChI is InChI=1S/C36H46F3N3O6/c1-3-9-28-25(10-7-21-42(28)32(44)30-27(36(37,38)39)12-6-20-40-30)31(43)41-22-18-35(47,19-23-41)26-11-4-5-13-29(26)48-24(2)14-17-34(33(45)46)15-8-16-34/h4-6,11-13,20,24-25,28,47H,3,7-10,14-19,21-23H2,1-2H3,(H,45,46). The Balaban J connectivity index is 1.25. The first-order valence-electron chi connectivity index (χ1n) is 17.1. The summed E-state index contributed by atoms with van der Waals surface area (Å²) in [5.74, 6) is -1.78. The SMILES string of the molecule is CCCC1C(C(=O)N2CCC(O)(c3ccccc3OC(C)CCC3(C(=O)O)CCC3)CC2)CCCN1C(=O)c1ncccc1C(F)(F)F. The van der Waals surface area contributed by atoms with E-state index >= 15 is 0 Å². The van der Waals surface area contributed by atoms with Gasteiger partial charge in [-0.3, -0.25) is 19.4 Å². The number of pyridine rings is 1. The van der Waals surface area contributed by atoms with Crippen LogP contribution in [0.2, 0.25) is 0 Å². The first-order chi connectivity index (χ1) is 22.8. The van der Waals surface area contributed by atoms with Crippen LogP contribution >= 0.6 is 0 Å². The third-order valence-electron chi connectivity index (χ3n) is 10.7. The van der Waals surface area contributed by atoms with Crippen molar-refractivity contribution in [3.63, 3.8) is 0 Å². The number of rotatable bonds is 11. The van der Waals surface area contributed by atoms with Gasteiger partial charge in [-0.1, -0.05) is 38.0 Å². The number of alkyl halides is 3. The molecular weight excluding hydrogens is 627 g/mol. The highest BCUT2D eigenvalue weighted by Gasteiger charge is 2.46. The Morgan fingerprint density at radius 3 is 2.38 bits per heavy atom. The topological polar surface area (TPSA) is 120 Å². The van der Waals surface area contributed by atoms with Gasteiger partial charge in [0.15, 0.2) is 0 Å². The van der Waals surface area contributed by atoms with Crippen molar-refractivity contribution in [1.29, 1.82) is 0 Å². The number of benzene rings is 1. The molecule has 3 atom stereocenters. The molecule has 1 aliphatic carbocycles. The maximum Gasteiger partial charge on any atom is 0.418 e. The van der Waals surface area contributed by atoms with E-state index in [1.54, 1.807) is 11.0 Å². The predicted octanol–water partition coefficient (Wildman–Crippen LogP) is 6.43. The zero-order valence-corrected chi connectivity index (χ0v) is 27.7. The highest BCUT2D eigenvalue weighted by atomic mass is 19.4. The predicted molar refractivity (Wildman–Crippen MR) is 171 cm³/mol. The summed E-state index contributed by atoms with van der Waals surface area (Å²) < 4.78 is 47.5. The number of aliphatic hydroxyl groups is 1. The summed E-state index contributed by atoms with van der Waals surface area (Å²) in [7, 11) is 0. The fourth-order valence-corrected chi connectivity index (χ4v) is 7.67. The number of carboxylic acid groups (broad SMARTS) is 1. The number of piperidine rings is 2. The molecule has 2 amide bonds. The molecule has 2 saturated heterocycles. The first-order valence-corrected chi connectivity index (χ1v) is 17.1. The van der Waals surface area contributed by atoms with Crippen LogP contribution in [0.4, 0.5) is 13.2 Å². The quantitative estimate of drug-likeness (QED) is 0.282. The van der Waals surface area contributed by atoms with E-state index in [0.29, 0.717) is 62.7 Å². The Morgan fingerprint density at radius 1 is 1.04 bits per heavy atom. The molecule has 1 aromatic carbocycles. The van der Waals surface area contributed by atoms with Crippen molar-refractivity contribution in [3.8, 4) is 5.75 Å². The van der Waals surface area contributed by atoms with Gasteiger partial charge in [-0.25, -0.2) is 0 Å². The molecule has 1 saturated carbocycles. The number of para-hydroxylation sites is 1. The largest absolute Gasteiger partial charge is 0.490 e. The maximum absolute atomic E-state index is 14.0. The van der Waals surface area contributed by atoms with Crippen LogP contribution in [0.15, 0.2) is 42.6 Å². The van der Waals surface area contributed by atoms with E-state index in [9.17, 15) is 37.8 Å². The number of carbonyl (C=O) groups excluding carboxylic acids is 2. The number of aromatic nitrogens is 1. The molecular formula is C36H46F3N3O6. The summed E-state index contributed by atoms with van der Waals surface area (Å²) >= 11 is 0. The second-order valence-corrected chi connectivity index (χ2v) is 13.8. The molecule has 1 aromatic heterocycles. The lowest BCUT2D eigenvalue weighted by molar-refractivity contribution is -0.155. The summed E-state index contributed by atoms with van der Waals surface area (Å²) in [6, 6.07) is 8.70. The van der Waals surface area contributed by atoms with Crippen molar-refractivity contribution in [1.82, 2.24) is 14.8 Å². The highest BCUT2D eigenvalue weighted by Crippen LogP contribution is 2.46.